The molecule has 3 aromatic rings. The van der Waals surface area contributed by atoms with Crippen molar-refractivity contribution in [2.24, 2.45) is 0 Å². The molecule has 0 aliphatic heterocycles. The van der Waals surface area contributed by atoms with Gasteiger partial charge in [0.15, 0.2) is 5.78 Å². The highest BCUT2D eigenvalue weighted by Gasteiger charge is 2.08. The van der Waals surface area contributed by atoms with Gasteiger partial charge < -0.3 is 0 Å². The first-order valence-corrected chi connectivity index (χ1v) is 7.16. The van der Waals surface area contributed by atoms with E-state index in [0.717, 1.165) is 17.3 Å². The molecule has 2 heteroatoms. The molecule has 0 aliphatic carbocycles. The Morgan fingerprint density at radius 3 is 2.67 bits per heavy atom. The predicted octanol–water partition coefficient (Wildman–Crippen LogP) is 4.36. The second kappa shape index (κ2) is 5.88. The van der Waals surface area contributed by atoms with Crippen molar-refractivity contribution >= 4 is 16.7 Å². The van der Waals surface area contributed by atoms with Crippen molar-refractivity contribution in [2.45, 2.75) is 19.8 Å². The predicted molar refractivity (Wildman–Crippen MR) is 85.6 cm³/mol. The molecule has 0 atom stereocenters. The van der Waals surface area contributed by atoms with Gasteiger partial charge in [-0.05, 0) is 36.6 Å². The first-order chi connectivity index (χ1) is 10.2. The molecule has 3 rings (SSSR count). The van der Waals surface area contributed by atoms with Crippen molar-refractivity contribution in [3.05, 3.63) is 77.5 Å². The van der Waals surface area contributed by atoms with Crippen LogP contribution >= 0.6 is 0 Å². The lowest BCUT2D eigenvalue weighted by atomic mass is 10.00. The van der Waals surface area contributed by atoms with Crippen LogP contribution in [0.5, 0.6) is 0 Å². The molecule has 0 aliphatic rings. The zero-order valence-electron chi connectivity index (χ0n) is 12.0. The lowest BCUT2D eigenvalue weighted by Crippen LogP contribution is -2.02. The number of fused-ring (bicyclic) bond motifs is 1. The largest absolute Gasteiger partial charge is 0.294 e. The number of rotatable bonds is 4. The van der Waals surface area contributed by atoms with Gasteiger partial charge in [-0.25, -0.2) is 0 Å². The average molecular weight is 275 g/mol. The van der Waals surface area contributed by atoms with Crippen molar-refractivity contribution in [1.29, 1.82) is 0 Å². The quantitative estimate of drug-likeness (QED) is 0.662. The Balaban J connectivity index is 1.76. The average Bonchev–Trinajstić information content (AvgIpc) is 2.53. The fraction of sp³-hybridized carbons (Fsp3) is 0.158. The number of carbonyl (C=O) groups is 1. The summed E-state index contributed by atoms with van der Waals surface area (Å²) in [6.07, 6.45) is 2.98. The molecule has 104 valence electrons. The van der Waals surface area contributed by atoms with Crippen molar-refractivity contribution in [2.75, 3.05) is 0 Å². The number of para-hydroxylation sites is 1. The standard InChI is InChI=1S/C19H17NO/c1-14-6-2-3-7-15(14)10-11-19(21)17-12-16-8-4-5-9-18(16)20-13-17/h2-9,12-13H,10-11H2,1H3. The van der Waals surface area contributed by atoms with E-state index in [4.69, 9.17) is 0 Å². The third-order valence-electron chi connectivity index (χ3n) is 3.80. The Bertz CT molecular complexity index is 792. The maximum Gasteiger partial charge on any atom is 0.164 e. The third kappa shape index (κ3) is 3.00. The van der Waals surface area contributed by atoms with Crippen LogP contribution in [0.3, 0.4) is 0 Å². The Hall–Kier alpha value is -2.48. The second-order valence-corrected chi connectivity index (χ2v) is 5.27. The third-order valence-corrected chi connectivity index (χ3v) is 3.80. The van der Waals surface area contributed by atoms with E-state index in [1.54, 1.807) is 6.20 Å². The maximum absolute atomic E-state index is 12.3. The van der Waals surface area contributed by atoms with Crippen molar-refractivity contribution in [3.63, 3.8) is 0 Å². The lowest BCUT2D eigenvalue weighted by molar-refractivity contribution is 0.0982. The molecular formula is C19H17NO. The molecule has 1 aromatic heterocycles. The van der Waals surface area contributed by atoms with Gasteiger partial charge in [0.05, 0.1) is 5.52 Å². The Kier molecular flexibility index (Phi) is 3.78. The fourth-order valence-electron chi connectivity index (χ4n) is 2.51. The Labute approximate surface area is 124 Å². The van der Waals surface area contributed by atoms with Crippen LogP contribution < -0.4 is 0 Å². The number of Topliss-reactive ketones (excluding diaryl/α,β-unsaturated/α-hetero) is 1. The van der Waals surface area contributed by atoms with E-state index in [1.807, 2.05) is 42.5 Å². The number of pyridine rings is 1. The van der Waals surface area contributed by atoms with Gasteiger partial charge in [0.2, 0.25) is 0 Å². The summed E-state index contributed by atoms with van der Waals surface area (Å²) in [5.74, 6) is 0.150. The summed E-state index contributed by atoms with van der Waals surface area (Å²) in [6, 6.07) is 18.0. The molecule has 0 amide bonds. The van der Waals surface area contributed by atoms with Crippen LogP contribution in [0.1, 0.15) is 27.9 Å². The molecule has 21 heavy (non-hydrogen) atoms. The fourth-order valence-corrected chi connectivity index (χ4v) is 2.51. The van der Waals surface area contributed by atoms with Gasteiger partial charge in [-0.2, -0.15) is 0 Å². The first kappa shape index (κ1) is 13.5. The van der Waals surface area contributed by atoms with E-state index < -0.39 is 0 Å². The van der Waals surface area contributed by atoms with E-state index in [9.17, 15) is 4.79 Å². The molecule has 2 aromatic carbocycles. The topological polar surface area (TPSA) is 30.0 Å². The normalized spacial score (nSPS) is 10.7. The molecule has 0 saturated carbocycles. The van der Waals surface area contributed by atoms with Gasteiger partial charge in [-0.3, -0.25) is 9.78 Å². The van der Waals surface area contributed by atoms with Gasteiger partial charge >= 0.3 is 0 Å². The summed E-state index contributed by atoms with van der Waals surface area (Å²) in [4.78, 5) is 16.7. The molecule has 0 spiro atoms. The van der Waals surface area contributed by atoms with Crippen molar-refractivity contribution in [1.82, 2.24) is 4.98 Å². The van der Waals surface area contributed by atoms with E-state index in [0.29, 0.717) is 12.0 Å². The molecule has 2 nitrogen and oxygen atoms in total. The van der Waals surface area contributed by atoms with Crippen LogP contribution in [0.25, 0.3) is 10.9 Å². The highest BCUT2D eigenvalue weighted by atomic mass is 16.1. The summed E-state index contributed by atoms with van der Waals surface area (Å²) in [5.41, 5.74) is 4.09. The van der Waals surface area contributed by atoms with Gasteiger partial charge in [-0.1, -0.05) is 42.5 Å². The number of ketones is 1. The van der Waals surface area contributed by atoms with E-state index >= 15 is 0 Å². The number of carbonyl (C=O) groups excluding carboxylic acids is 1. The molecule has 0 saturated heterocycles. The highest BCUT2D eigenvalue weighted by Crippen LogP contribution is 2.16. The molecular weight excluding hydrogens is 258 g/mol. The number of hydrogen-bond donors (Lipinski definition) is 0. The summed E-state index contributed by atoms with van der Waals surface area (Å²) in [6.45, 7) is 2.08. The Morgan fingerprint density at radius 1 is 1.05 bits per heavy atom. The molecule has 0 bridgehead atoms. The van der Waals surface area contributed by atoms with E-state index in [2.05, 4.69) is 24.0 Å². The summed E-state index contributed by atoms with van der Waals surface area (Å²) < 4.78 is 0. The minimum absolute atomic E-state index is 0.150. The zero-order chi connectivity index (χ0) is 14.7. The minimum Gasteiger partial charge on any atom is -0.294 e. The van der Waals surface area contributed by atoms with Gasteiger partial charge in [0, 0.05) is 23.6 Å². The van der Waals surface area contributed by atoms with Crippen LogP contribution in [-0.2, 0) is 6.42 Å². The first-order valence-electron chi connectivity index (χ1n) is 7.16. The van der Waals surface area contributed by atoms with Gasteiger partial charge in [0.1, 0.15) is 0 Å². The number of aromatic nitrogens is 1. The van der Waals surface area contributed by atoms with Crippen LogP contribution in [0.15, 0.2) is 60.8 Å². The smallest absolute Gasteiger partial charge is 0.164 e. The minimum atomic E-state index is 0.150. The maximum atomic E-state index is 12.3. The van der Waals surface area contributed by atoms with Crippen LogP contribution in [0.2, 0.25) is 0 Å². The van der Waals surface area contributed by atoms with Crippen LogP contribution in [-0.4, -0.2) is 10.8 Å². The highest BCUT2D eigenvalue weighted by molar-refractivity contribution is 5.98. The van der Waals surface area contributed by atoms with Crippen LogP contribution in [0.4, 0.5) is 0 Å². The number of benzene rings is 2. The van der Waals surface area contributed by atoms with Crippen LogP contribution in [0, 0.1) is 6.92 Å². The zero-order valence-corrected chi connectivity index (χ0v) is 12.0. The molecule has 0 N–H and O–H groups in total. The molecule has 0 unspecified atom stereocenters. The lowest BCUT2D eigenvalue weighted by Gasteiger charge is -2.05. The van der Waals surface area contributed by atoms with E-state index in [1.165, 1.54) is 11.1 Å². The Morgan fingerprint density at radius 2 is 1.81 bits per heavy atom. The monoisotopic (exact) mass is 275 g/mol. The summed E-state index contributed by atoms with van der Waals surface area (Å²) in [7, 11) is 0. The number of hydrogen-bond acceptors (Lipinski definition) is 2. The number of aryl methyl sites for hydroxylation is 2. The van der Waals surface area contributed by atoms with E-state index in [-0.39, 0.29) is 5.78 Å². The molecule has 0 radical (unpaired) electrons. The summed E-state index contributed by atoms with van der Waals surface area (Å²) in [5, 5.41) is 1.01. The molecule has 0 fully saturated rings. The SMILES string of the molecule is Cc1ccccc1CCC(=O)c1cnc2ccccc2c1. The second-order valence-electron chi connectivity index (χ2n) is 5.27. The summed E-state index contributed by atoms with van der Waals surface area (Å²) >= 11 is 0. The van der Waals surface area contributed by atoms with Gasteiger partial charge in [-0.15, -0.1) is 0 Å². The van der Waals surface area contributed by atoms with Crippen molar-refractivity contribution < 1.29 is 4.79 Å². The molecule has 1 heterocycles. The van der Waals surface area contributed by atoms with Crippen molar-refractivity contribution in [3.8, 4) is 0 Å². The number of nitrogens with zero attached hydrogens (tertiary/aromatic N) is 1. The van der Waals surface area contributed by atoms with Gasteiger partial charge in [0.25, 0.3) is 0 Å².